The summed E-state index contributed by atoms with van der Waals surface area (Å²) in [4.78, 5) is 33.6. The van der Waals surface area contributed by atoms with Crippen LogP contribution >= 0.6 is 58.2 Å². The average molecular weight is 973 g/mol. The number of sulfone groups is 1. The van der Waals surface area contributed by atoms with E-state index in [1.807, 2.05) is 61.0 Å². The molecule has 2 N–H and O–H groups in total. The lowest BCUT2D eigenvalue weighted by molar-refractivity contribution is 0.415. The van der Waals surface area contributed by atoms with E-state index in [0.717, 1.165) is 45.1 Å². The number of hydrogen-bond donors (Lipinski definition) is 2. The number of pyridine rings is 4. The van der Waals surface area contributed by atoms with Crippen LogP contribution in [0.25, 0.3) is 55.9 Å². The Hall–Kier alpha value is -5.88. The molecule has 0 saturated heterocycles. The maximum atomic E-state index is 12.8. The van der Waals surface area contributed by atoms with Crippen LogP contribution in [0.2, 0.25) is 20.4 Å². The molecule has 8 aromatic heterocycles. The molecule has 2 aromatic carbocycles. The molecule has 0 atom stereocenters. The zero-order valence-corrected chi connectivity index (χ0v) is 38.8. The summed E-state index contributed by atoms with van der Waals surface area (Å²) in [5.74, 6) is 2.65. The fraction of sp³-hybridized carbons (Fsp3) is 0.136. The zero-order chi connectivity index (χ0) is 44.9. The lowest BCUT2D eigenvalue weighted by Crippen LogP contribution is -2.06. The third kappa shape index (κ3) is 8.44. The summed E-state index contributed by atoms with van der Waals surface area (Å²) in [6, 6.07) is 25.7. The van der Waals surface area contributed by atoms with Gasteiger partial charge in [-0.3, -0.25) is 8.80 Å². The molecule has 0 unspecified atom stereocenters. The Morgan fingerprint density at radius 3 is 1.58 bits per heavy atom. The average Bonchev–Trinajstić information content (AvgIpc) is 4.05. The predicted octanol–water partition coefficient (Wildman–Crippen LogP) is 10.5. The van der Waals surface area contributed by atoms with Crippen molar-refractivity contribution in [2.24, 2.45) is 0 Å². The number of rotatable bonds is 10. The van der Waals surface area contributed by atoms with Crippen molar-refractivity contribution < 1.29 is 17.9 Å². The van der Waals surface area contributed by atoms with Gasteiger partial charge in [-0.2, -0.15) is 0 Å². The second-order valence-electron chi connectivity index (χ2n) is 14.4. The van der Waals surface area contributed by atoms with E-state index in [1.54, 1.807) is 73.0 Å². The number of halogens is 4. The first kappa shape index (κ1) is 43.4. The Kier molecular flexibility index (Phi) is 11.9. The summed E-state index contributed by atoms with van der Waals surface area (Å²) in [6.45, 7) is 0. The topological polar surface area (TPSA) is 170 Å². The van der Waals surface area contributed by atoms with Crippen molar-refractivity contribution >= 4 is 102 Å². The van der Waals surface area contributed by atoms with Gasteiger partial charge in [-0.05, 0) is 91.2 Å². The second kappa shape index (κ2) is 17.6. The summed E-state index contributed by atoms with van der Waals surface area (Å²) in [5, 5.41) is 2.97. The van der Waals surface area contributed by atoms with Gasteiger partial charge in [0.15, 0.2) is 26.2 Å². The van der Waals surface area contributed by atoms with Crippen LogP contribution in [0, 0.1) is 0 Å². The Morgan fingerprint density at radius 2 is 1.09 bits per heavy atom. The maximum absolute atomic E-state index is 12.8. The molecule has 0 aliphatic carbocycles. The molecular weight excluding hydrogens is 938 g/mol. The van der Waals surface area contributed by atoms with E-state index < -0.39 is 9.84 Å². The fourth-order valence-corrected chi connectivity index (χ4v) is 10.0. The van der Waals surface area contributed by atoms with Gasteiger partial charge in [-0.25, -0.2) is 38.3 Å². The molecule has 0 radical (unpaired) electrons. The van der Waals surface area contributed by atoms with Crippen LogP contribution in [0.1, 0.15) is 23.0 Å². The Balaban J connectivity index is 0.000000162. The molecule has 324 valence electrons. The molecule has 0 saturated carbocycles. The molecule has 0 spiro atoms. The van der Waals surface area contributed by atoms with Gasteiger partial charge in [-0.1, -0.05) is 46.4 Å². The fourth-order valence-electron chi connectivity index (χ4n) is 7.45. The van der Waals surface area contributed by atoms with Crippen molar-refractivity contribution in [1.82, 2.24) is 48.7 Å². The molecule has 0 aliphatic heterocycles. The Labute approximate surface area is 389 Å². The maximum Gasteiger partial charge on any atom is 0.193 e. The number of methoxy groups -OCH3 is 2. The summed E-state index contributed by atoms with van der Waals surface area (Å²) in [7, 11) is -0.438. The van der Waals surface area contributed by atoms with Crippen LogP contribution in [0.15, 0.2) is 107 Å². The SMILES string of the molecule is COc1ccc(-c2cccn3c(S(C)(=O)=O)c(Cc4nc5nc(Cl)ccc5[nH]4)nc23)c(Cl)c1.COc1ccc(-c2cccn3c(SC)c(Cc4nc5nc(Cl)ccc5[nH]4)nc23)c(Cl)c1. The minimum atomic E-state index is -3.62. The molecule has 0 fully saturated rings. The highest BCUT2D eigenvalue weighted by Crippen LogP contribution is 2.37. The lowest BCUT2D eigenvalue weighted by Gasteiger charge is -2.08. The first-order valence-corrected chi connectivity index (χ1v) is 23.9. The van der Waals surface area contributed by atoms with Crippen LogP contribution in [-0.4, -0.2) is 83.8 Å². The Morgan fingerprint density at radius 1 is 0.609 bits per heavy atom. The van der Waals surface area contributed by atoms with Gasteiger partial charge in [0.2, 0.25) is 0 Å². The van der Waals surface area contributed by atoms with Crippen LogP contribution in [0.3, 0.4) is 0 Å². The molecule has 0 bridgehead atoms. The molecule has 10 aromatic rings. The predicted molar refractivity (Wildman–Crippen MR) is 253 cm³/mol. The second-order valence-corrected chi connectivity index (χ2v) is 18.7. The van der Waals surface area contributed by atoms with Gasteiger partial charge >= 0.3 is 0 Å². The molecular formula is C44H34Cl4N10O4S2. The zero-order valence-electron chi connectivity index (χ0n) is 34.2. The first-order chi connectivity index (χ1) is 30.8. The first-order valence-electron chi connectivity index (χ1n) is 19.3. The number of nitrogens with zero attached hydrogens (tertiary/aromatic N) is 8. The molecule has 14 nitrogen and oxygen atoms in total. The number of hydrogen-bond acceptors (Lipinski definition) is 11. The van der Waals surface area contributed by atoms with Gasteiger partial charge in [0, 0.05) is 40.9 Å². The van der Waals surface area contributed by atoms with Gasteiger partial charge < -0.3 is 19.4 Å². The minimum absolute atomic E-state index is 0.0930. The Bertz CT molecular complexity index is 3530. The van der Waals surface area contributed by atoms with E-state index in [1.165, 1.54) is 0 Å². The number of ether oxygens (including phenoxy) is 2. The quantitative estimate of drug-likeness (QED) is 0.0987. The van der Waals surface area contributed by atoms with E-state index in [-0.39, 0.29) is 11.4 Å². The van der Waals surface area contributed by atoms with Gasteiger partial charge in [-0.15, -0.1) is 11.8 Å². The van der Waals surface area contributed by atoms with Gasteiger partial charge in [0.25, 0.3) is 0 Å². The van der Waals surface area contributed by atoms with Crippen molar-refractivity contribution in [3.8, 4) is 33.8 Å². The van der Waals surface area contributed by atoms with E-state index in [4.69, 9.17) is 65.8 Å². The summed E-state index contributed by atoms with van der Waals surface area (Å²) in [5.41, 5.74) is 8.45. The minimum Gasteiger partial charge on any atom is -0.497 e. The number of nitrogens with one attached hydrogen (secondary N) is 2. The third-order valence-corrected chi connectivity index (χ3v) is 13.2. The molecule has 8 heterocycles. The van der Waals surface area contributed by atoms with Crippen molar-refractivity contribution in [3.05, 3.63) is 141 Å². The number of aromatic nitrogens is 10. The van der Waals surface area contributed by atoms with E-state index in [0.29, 0.717) is 83.4 Å². The van der Waals surface area contributed by atoms with Gasteiger partial charge in [0.1, 0.15) is 49.8 Å². The van der Waals surface area contributed by atoms with E-state index in [2.05, 4.69) is 34.3 Å². The molecule has 0 amide bonds. The van der Waals surface area contributed by atoms with E-state index >= 15 is 0 Å². The number of aromatic amines is 2. The van der Waals surface area contributed by atoms with Crippen molar-refractivity contribution in [1.29, 1.82) is 0 Å². The van der Waals surface area contributed by atoms with Crippen molar-refractivity contribution in [3.63, 3.8) is 0 Å². The largest absolute Gasteiger partial charge is 0.497 e. The molecule has 20 heteroatoms. The highest BCUT2D eigenvalue weighted by molar-refractivity contribution is 7.98. The smallest absolute Gasteiger partial charge is 0.193 e. The third-order valence-electron chi connectivity index (χ3n) is 10.2. The van der Waals surface area contributed by atoms with Crippen LogP contribution in [0.5, 0.6) is 11.5 Å². The summed E-state index contributed by atoms with van der Waals surface area (Å²) < 4.78 is 39.7. The number of benzene rings is 2. The molecule has 64 heavy (non-hydrogen) atoms. The lowest BCUT2D eigenvalue weighted by atomic mass is 10.1. The molecule has 10 rings (SSSR count). The number of fused-ring (bicyclic) bond motifs is 4. The van der Waals surface area contributed by atoms with Crippen molar-refractivity contribution in [2.45, 2.75) is 22.9 Å². The number of thioether (sulfide) groups is 1. The normalized spacial score (nSPS) is 11.8. The van der Waals surface area contributed by atoms with E-state index in [9.17, 15) is 8.42 Å². The van der Waals surface area contributed by atoms with Crippen molar-refractivity contribution in [2.75, 3.05) is 26.7 Å². The summed E-state index contributed by atoms with van der Waals surface area (Å²) >= 11 is 26.6. The highest BCUT2D eigenvalue weighted by atomic mass is 35.5. The summed E-state index contributed by atoms with van der Waals surface area (Å²) in [6.07, 6.45) is 7.59. The highest BCUT2D eigenvalue weighted by Gasteiger charge is 2.25. The monoisotopic (exact) mass is 970 g/mol. The van der Waals surface area contributed by atoms with Crippen LogP contribution in [0.4, 0.5) is 0 Å². The number of H-pyrrole nitrogens is 2. The molecule has 0 aliphatic rings. The standard InChI is InChI=1S/C22H17Cl2N5O3S.C22H17Cl2N5OS/c1-32-12-5-6-13(15(23)10-12)14-4-3-9-29-21(14)26-17(22(29)33(2,30)31)11-19-25-16-7-8-18(24)27-20(16)28-19;1-30-12-5-6-13(15(23)10-12)14-4-3-9-29-21(14)26-17(22(29)31-2)11-19-25-16-7-8-18(24)27-20(16)28-19/h3-10H,11H2,1-2H3,(H,25,27,28);3-10H,11H2,1-2H3,(H,25,27,28). The number of imidazole rings is 4. The van der Waals surface area contributed by atoms with Crippen LogP contribution < -0.4 is 9.47 Å². The van der Waals surface area contributed by atoms with Gasteiger partial charge in [0.05, 0.1) is 59.5 Å². The van der Waals surface area contributed by atoms with Crippen LogP contribution in [-0.2, 0) is 22.7 Å².